The van der Waals surface area contributed by atoms with Crippen LogP contribution in [0.3, 0.4) is 0 Å². The minimum Gasteiger partial charge on any atom is -0.478 e. The van der Waals surface area contributed by atoms with Crippen molar-refractivity contribution in [2.75, 3.05) is 0 Å². The molecule has 8 heteroatoms. The van der Waals surface area contributed by atoms with E-state index in [2.05, 4.69) is 0 Å². The van der Waals surface area contributed by atoms with Gasteiger partial charge in [0.15, 0.2) is 9.84 Å². The molecule has 0 saturated carbocycles. The van der Waals surface area contributed by atoms with Crippen LogP contribution in [0.15, 0.2) is 29.8 Å². The number of carbonyl (C=O) groups is 1. The summed E-state index contributed by atoms with van der Waals surface area (Å²) in [5.74, 6) is -2.45. The van der Waals surface area contributed by atoms with Gasteiger partial charge in [-0.15, -0.1) is 0 Å². The SMILES string of the molecule is O=C(O)C1=C[C@@H](O)CC[C@H]1S(=O)(=O)Cc1ccc(F)cc1Cl. The molecule has 2 N–H and O–H groups in total. The van der Waals surface area contributed by atoms with E-state index < -0.39 is 38.7 Å². The van der Waals surface area contributed by atoms with Gasteiger partial charge in [0.1, 0.15) is 5.82 Å². The van der Waals surface area contributed by atoms with Crippen LogP contribution in [-0.4, -0.2) is 36.0 Å². The first kappa shape index (κ1) is 16.9. The van der Waals surface area contributed by atoms with Gasteiger partial charge in [-0.1, -0.05) is 17.7 Å². The topological polar surface area (TPSA) is 91.7 Å². The standard InChI is InChI=1S/C14H14ClFO5S/c15-12-5-9(16)2-1-8(12)7-22(20,21)13-4-3-10(17)6-11(13)14(18)19/h1-2,5-6,10,13,17H,3-4,7H2,(H,18,19)/t10-,13+/m0/s1. The molecular formula is C14H14ClFO5S. The van der Waals surface area contributed by atoms with Crippen molar-refractivity contribution < 1.29 is 27.8 Å². The zero-order valence-electron chi connectivity index (χ0n) is 11.4. The number of benzene rings is 1. The van der Waals surface area contributed by atoms with Gasteiger partial charge in [-0.2, -0.15) is 0 Å². The van der Waals surface area contributed by atoms with Gasteiger partial charge in [-0.3, -0.25) is 0 Å². The molecule has 0 unspecified atom stereocenters. The van der Waals surface area contributed by atoms with Crippen molar-refractivity contribution in [1.82, 2.24) is 0 Å². The molecular weight excluding hydrogens is 335 g/mol. The van der Waals surface area contributed by atoms with Crippen LogP contribution in [0.2, 0.25) is 5.02 Å². The lowest BCUT2D eigenvalue weighted by molar-refractivity contribution is -0.133. The highest BCUT2D eigenvalue weighted by Gasteiger charge is 2.36. The fourth-order valence-corrected chi connectivity index (χ4v) is 4.67. The molecule has 0 radical (unpaired) electrons. The molecule has 0 aromatic heterocycles. The third kappa shape index (κ3) is 3.66. The van der Waals surface area contributed by atoms with Crippen LogP contribution >= 0.6 is 11.6 Å². The van der Waals surface area contributed by atoms with E-state index in [0.29, 0.717) is 0 Å². The smallest absolute Gasteiger partial charge is 0.332 e. The Kier molecular flexibility index (Phi) is 4.89. The van der Waals surface area contributed by atoms with Crippen LogP contribution in [-0.2, 0) is 20.4 Å². The molecule has 1 aromatic rings. The van der Waals surface area contributed by atoms with Crippen molar-refractivity contribution in [2.24, 2.45) is 0 Å². The van der Waals surface area contributed by atoms with Crippen LogP contribution in [0.25, 0.3) is 0 Å². The number of hydrogen-bond acceptors (Lipinski definition) is 4. The second kappa shape index (κ2) is 6.36. The summed E-state index contributed by atoms with van der Waals surface area (Å²) in [7, 11) is -3.86. The highest BCUT2D eigenvalue weighted by molar-refractivity contribution is 7.91. The van der Waals surface area contributed by atoms with Crippen molar-refractivity contribution in [1.29, 1.82) is 0 Å². The quantitative estimate of drug-likeness (QED) is 0.867. The van der Waals surface area contributed by atoms with E-state index in [4.69, 9.17) is 16.7 Å². The first-order valence-corrected chi connectivity index (χ1v) is 8.58. The molecule has 0 saturated heterocycles. The summed E-state index contributed by atoms with van der Waals surface area (Å²) in [5.41, 5.74) is -0.129. The molecule has 120 valence electrons. The van der Waals surface area contributed by atoms with E-state index >= 15 is 0 Å². The van der Waals surface area contributed by atoms with E-state index in [1.54, 1.807) is 0 Å². The summed E-state index contributed by atoms with van der Waals surface area (Å²) in [6, 6.07) is 3.36. The van der Waals surface area contributed by atoms with Crippen LogP contribution in [0.1, 0.15) is 18.4 Å². The number of carboxylic acid groups (broad SMARTS) is 1. The molecule has 0 amide bonds. The third-order valence-corrected chi connectivity index (χ3v) is 5.92. The Hall–Kier alpha value is -1.44. The summed E-state index contributed by atoms with van der Waals surface area (Å²) in [5, 5.41) is 17.4. The maximum Gasteiger partial charge on any atom is 0.332 e. The first-order valence-electron chi connectivity index (χ1n) is 6.49. The van der Waals surface area contributed by atoms with E-state index in [9.17, 15) is 22.7 Å². The Morgan fingerprint density at radius 2 is 2.05 bits per heavy atom. The lowest BCUT2D eigenvalue weighted by atomic mass is 9.97. The average molecular weight is 349 g/mol. The Bertz CT molecular complexity index is 729. The molecule has 0 spiro atoms. The molecule has 0 aliphatic heterocycles. The predicted octanol–water partition coefficient (Wildman–Crippen LogP) is 1.93. The fourth-order valence-electron chi connectivity index (χ4n) is 2.41. The normalized spacial score (nSPS) is 22.2. The average Bonchev–Trinajstić information content (AvgIpc) is 2.41. The zero-order chi connectivity index (χ0) is 16.5. The van der Waals surface area contributed by atoms with E-state index in [-0.39, 0.29) is 29.0 Å². The van der Waals surface area contributed by atoms with Gasteiger partial charge < -0.3 is 10.2 Å². The third-order valence-electron chi connectivity index (χ3n) is 3.50. The molecule has 2 rings (SSSR count). The number of aliphatic hydroxyl groups excluding tert-OH is 1. The summed E-state index contributed by atoms with van der Waals surface area (Å²) in [6.07, 6.45) is 0.269. The second-order valence-corrected chi connectivity index (χ2v) is 7.69. The number of aliphatic carboxylic acids is 1. The maximum absolute atomic E-state index is 13.0. The van der Waals surface area contributed by atoms with E-state index in [1.165, 1.54) is 6.07 Å². The minimum atomic E-state index is -3.86. The zero-order valence-corrected chi connectivity index (χ0v) is 12.9. The number of rotatable bonds is 4. The van der Waals surface area contributed by atoms with Crippen molar-refractivity contribution in [3.05, 3.63) is 46.3 Å². The van der Waals surface area contributed by atoms with Gasteiger partial charge in [-0.05, 0) is 36.6 Å². The van der Waals surface area contributed by atoms with Crippen molar-refractivity contribution in [2.45, 2.75) is 29.9 Å². The molecule has 1 aliphatic carbocycles. The molecule has 22 heavy (non-hydrogen) atoms. The lowest BCUT2D eigenvalue weighted by Crippen LogP contribution is -2.33. The van der Waals surface area contributed by atoms with Crippen LogP contribution in [0, 0.1) is 5.82 Å². The molecule has 2 atom stereocenters. The van der Waals surface area contributed by atoms with E-state index in [1.807, 2.05) is 0 Å². The van der Waals surface area contributed by atoms with Gasteiger partial charge in [0, 0.05) is 5.02 Å². The van der Waals surface area contributed by atoms with Crippen molar-refractivity contribution in [3.8, 4) is 0 Å². The molecule has 0 fully saturated rings. The Balaban J connectivity index is 2.33. The fraction of sp³-hybridized carbons (Fsp3) is 0.357. The summed E-state index contributed by atoms with van der Waals surface area (Å²) >= 11 is 5.82. The highest BCUT2D eigenvalue weighted by Crippen LogP contribution is 2.29. The molecule has 1 aliphatic rings. The van der Waals surface area contributed by atoms with Crippen molar-refractivity contribution >= 4 is 27.4 Å². The van der Waals surface area contributed by atoms with Gasteiger partial charge >= 0.3 is 5.97 Å². The van der Waals surface area contributed by atoms with Crippen molar-refractivity contribution in [3.63, 3.8) is 0 Å². The van der Waals surface area contributed by atoms with E-state index in [0.717, 1.165) is 18.2 Å². The minimum absolute atomic E-state index is 0.0143. The molecule has 1 aromatic carbocycles. The summed E-state index contributed by atoms with van der Waals surface area (Å²) in [6.45, 7) is 0. The first-order chi connectivity index (χ1) is 10.2. The molecule has 0 bridgehead atoms. The van der Waals surface area contributed by atoms with Gasteiger partial charge in [0.05, 0.1) is 22.7 Å². The number of halogens is 2. The lowest BCUT2D eigenvalue weighted by Gasteiger charge is -2.24. The highest BCUT2D eigenvalue weighted by atomic mass is 35.5. The number of carboxylic acids is 1. The number of sulfone groups is 1. The van der Waals surface area contributed by atoms with Gasteiger partial charge in [0.25, 0.3) is 0 Å². The largest absolute Gasteiger partial charge is 0.478 e. The summed E-state index contributed by atoms with van der Waals surface area (Å²) in [4.78, 5) is 11.2. The molecule has 0 heterocycles. The van der Waals surface area contributed by atoms with Crippen LogP contribution in [0.4, 0.5) is 4.39 Å². The Morgan fingerprint density at radius 1 is 1.36 bits per heavy atom. The Labute approximate surface area is 131 Å². The summed E-state index contributed by atoms with van der Waals surface area (Å²) < 4.78 is 37.9. The maximum atomic E-state index is 13.0. The number of hydrogen-bond donors (Lipinski definition) is 2. The Morgan fingerprint density at radius 3 is 2.64 bits per heavy atom. The monoisotopic (exact) mass is 348 g/mol. The van der Waals surface area contributed by atoms with Crippen LogP contribution in [0.5, 0.6) is 0 Å². The van der Waals surface area contributed by atoms with Gasteiger partial charge in [0.2, 0.25) is 0 Å². The van der Waals surface area contributed by atoms with Crippen LogP contribution < -0.4 is 0 Å². The predicted molar refractivity (Wildman–Crippen MR) is 78.8 cm³/mol. The number of aliphatic hydroxyl groups is 1. The van der Waals surface area contributed by atoms with Gasteiger partial charge in [-0.25, -0.2) is 17.6 Å². The second-order valence-electron chi connectivity index (χ2n) is 5.10. The molecule has 5 nitrogen and oxygen atoms in total.